The van der Waals surface area contributed by atoms with Crippen molar-refractivity contribution in [2.24, 2.45) is 0 Å². The maximum absolute atomic E-state index is 12.7. The van der Waals surface area contributed by atoms with E-state index in [2.05, 4.69) is 58.8 Å². The fourth-order valence-electron chi connectivity index (χ4n) is 3.63. The lowest BCUT2D eigenvalue weighted by atomic mass is 9.97. The van der Waals surface area contributed by atoms with Gasteiger partial charge in [-0.2, -0.15) is 0 Å². The van der Waals surface area contributed by atoms with E-state index in [4.69, 9.17) is 0 Å². The zero-order chi connectivity index (χ0) is 17.2. The second-order valence-electron chi connectivity index (χ2n) is 6.81. The molecule has 2 aromatic carbocycles. The van der Waals surface area contributed by atoms with Gasteiger partial charge in [0.05, 0.1) is 16.4 Å². The Balaban J connectivity index is 2.30. The summed E-state index contributed by atoms with van der Waals surface area (Å²) in [6.45, 7) is 8.32. The predicted octanol–water partition coefficient (Wildman–Crippen LogP) is 5.67. The van der Waals surface area contributed by atoms with E-state index in [1.807, 2.05) is 13.0 Å². The number of pyridine rings is 1. The monoisotopic (exact) mass is 382 g/mol. The van der Waals surface area contributed by atoms with Crippen LogP contribution in [0.1, 0.15) is 36.6 Å². The SMILES string of the molecule is Cc1c2[nH]c3ccc(Br)cc3c2c(C)c2[nH]c(C(C)C)cc(=O)c12. The van der Waals surface area contributed by atoms with Gasteiger partial charge in [-0.3, -0.25) is 4.79 Å². The quantitative estimate of drug-likeness (QED) is 0.437. The van der Waals surface area contributed by atoms with E-state index < -0.39 is 0 Å². The molecule has 0 unspecified atom stereocenters. The molecule has 0 spiro atoms. The van der Waals surface area contributed by atoms with Crippen molar-refractivity contribution in [1.82, 2.24) is 9.97 Å². The number of H-pyrrole nitrogens is 2. The Morgan fingerprint density at radius 3 is 2.33 bits per heavy atom. The molecule has 2 N–H and O–H groups in total. The Morgan fingerprint density at radius 2 is 1.62 bits per heavy atom. The van der Waals surface area contributed by atoms with Crippen molar-refractivity contribution in [2.45, 2.75) is 33.6 Å². The van der Waals surface area contributed by atoms with Gasteiger partial charge in [0.2, 0.25) is 0 Å². The lowest BCUT2D eigenvalue weighted by Gasteiger charge is -2.12. The van der Waals surface area contributed by atoms with Gasteiger partial charge in [0.25, 0.3) is 0 Å². The predicted molar refractivity (Wildman–Crippen MR) is 105 cm³/mol. The van der Waals surface area contributed by atoms with Crippen LogP contribution in [0.25, 0.3) is 32.7 Å². The van der Waals surface area contributed by atoms with Crippen molar-refractivity contribution in [2.75, 3.05) is 0 Å². The van der Waals surface area contributed by atoms with Crippen LogP contribution in [-0.2, 0) is 0 Å². The molecule has 0 amide bonds. The third-order valence-corrected chi connectivity index (χ3v) is 5.43. The second kappa shape index (κ2) is 5.21. The van der Waals surface area contributed by atoms with Crippen molar-refractivity contribution < 1.29 is 0 Å². The van der Waals surface area contributed by atoms with Gasteiger partial charge in [-0.1, -0.05) is 29.8 Å². The van der Waals surface area contributed by atoms with Gasteiger partial charge in [-0.05, 0) is 49.1 Å². The average molecular weight is 383 g/mol. The lowest BCUT2D eigenvalue weighted by molar-refractivity contribution is 0.828. The average Bonchev–Trinajstić information content (AvgIpc) is 2.90. The molecule has 0 radical (unpaired) electrons. The molecule has 0 aliphatic carbocycles. The molecular weight excluding hydrogens is 364 g/mol. The van der Waals surface area contributed by atoms with Crippen LogP contribution in [-0.4, -0.2) is 9.97 Å². The van der Waals surface area contributed by atoms with E-state index >= 15 is 0 Å². The normalized spacial score (nSPS) is 12.1. The van der Waals surface area contributed by atoms with Crippen LogP contribution >= 0.6 is 15.9 Å². The summed E-state index contributed by atoms with van der Waals surface area (Å²) in [6, 6.07) is 7.98. The summed E-state index contributed by atoms with van der Waals surface area (Å²) < 4.78 is 1.05. The molecule has 0 fully saturated rings. The minimum atomic E-state index is 0.0924. The van der Waals surface area contributed by atoms with Crippen molar-refractivity contribution >= 4 is 48.6 Å². The minimum absolute atomic E-state index is 0.0924. The van der Waals surface area contributed by atoms with Crippen LogP contribution in [0.4, 0.5) is 0 Å². The number of aromatic amines is 2. The molecule has 122 valence electrons. The number of hydrogen-bond donors (Lipinski definition) is 2. The molecule has 0 atom stereocenters. The topological polar surface area (TPSA) is 48.6 Å². The molecular formula is C20H19BrN2O. The molecule has 0 saturated carbocycles. The number of fused-ring (bicyclic) bond motifs is 4. The zero-order valence-electron chi connectivity index (χ0n) is 14.2. The number of hydrogen-bond acceptors (Lipinski definition) is 1. The van der Waals surface area contributed by atoms with E-state index in [-0.39, 0.29) is 11.3 Å². The maximum Gasteiger partial charge on any atom is 0.190 e. The summed E-state index contributed by atoms with van der Waals surface area (Å²) >= 11 is 3.57. The summed E-state index contributed by atoms with van der Waals surface area (Å²) in [5.41, 5.74) is 6.30. The van der Waals surface area contributed by atoms with E-state index in [0.29, 0.717) is 0 Å². The summed E-state index contributed by atoms with van der Waals surface area (Å²) in [6.07, 6.45) is 0. The molecule has 0 aliphatic heterocycles. The lowest BCUT2D eigenvalue weighted by Crippen LogP contribution is -2.09. The first-order valence-electron chi connectivity index (χ1n) is 8.15. The second-order valence-corrected chi connectivity index (χ2v) is 7.72. The summed E-state index contributed by atoms with van der Waals surface area (Å²) in [5.74, 6) is 0.287. The molecule has 2 aromatic heterocycles. The minimum Gasteiger partial charge on any atom is -0.358 e. The van der Waals surface area contributed by atoms with Crippen molar-refractivity contribution in [1.29, 1.82) is 0 Å². The first-order valence-corrected chi connectivity index (χ1v) is 8.94. The summed E-state index contributed by atoms with van der Waals surface area (Å²) in [7, 11) is 0. The molecule has 3 nitrogen and oxygen atoms in total. The fraction of sp³-hybridized carbons (Fsp3) is 0.250. The zero-order valence-corrected chi connectivity index (χ0v) is 15.8. The molecule has 0 aliphatic rings. The van der Waals surface area contributed by atoms with Gasteiger partial charge in [-0.25, -0.2) is 0 Å². The van der Waals surface area contributed by atoms with Crippen LogP contribution in [0.3, 0.4) is 0 Å². The smallest absolute Gasteiger partial charge is 0.190 e. The Hall–Kier alpha value is -2.07. The highest BCUT2D eigenvalue weighted by Gasteiger charge is 2.17. The van der Waals surface area contributed by atoms with Gasteiger partial charge < -0.3 is 9.97 Å². The van der Waals surface area contributed by atoms with Crippen LogP contribution < -0.4 is 5.43 Å². The number of nitrogens with one attached hydrogen (secondary N) is 2. The molecule has 4 heteroatoms. The van der Waals surface area contributed by atoms with E-state index in [9.17, 15) is 4.79 Å². The van der Waals surface area contributed by atoms with Crippen molar-refractivity contribution in [3.05, 3.63) is 55.8 Å². The first kappa shape index (κ1) is 15.5. The number of aryl methyl sites for hydroxylation is 2. The molecule has 2 heterocycles. The number of benzene rings is 2. The third kappa shape index (κ3) is 2.06. The molecule has 0 saturated heterocycles. The van der Waals surface area contributed by atoms with E-state index in [1.165, 1.54) is 10.8 Å². The van der Waals surface area contributed by atoms with E-state index in [1.54, 1.807) is 6.07 Å². The largest absolute Gasteiger partial charge is 0.358 e. The van der Waals surface area contributed by atoms with Gasteiger partial charge in [0.15, 0.2) is 5.43 Å². The first-order chi connectivity index (χ1) is 11.4. The molecule has 4 aromatic rings. The van der Waals surface area contributed by atoms with Crippen LogP contribution in [0, 0.1) is 13.8 Å². The fourth-order valence-corrected chi connectivity index (χ4v) is 3.99. The van der Waals surface area contributed by atoms with E-state index in [0.717, 1.165) is 43.2 Å². The standard InChI is InChI=1S/C20H19BrN2O/c1-9(2)15-8-16(24)18-11(4)19-17(10(3)20(18)23-15)13-7-12(21)5-6-14(13)22-19/h5-9,22H,1-4H3,(H,23,24). The number of halogens is 1. The highest BCUT2D eigenvalue weighted by molar-refractivity contribution is 9.10. The highest BCUT2D eigenvalue weighted by atomic mass is 79.9. The maximum atomic E-state index is 12.7. The highest BCUT2D eigenvalue weighted by Crippen LogP contribution is 2.36. The molecule has 24 heavy (non-hydrogen) atoms. The van der Waals surface area contributed by atoms with Gasteiger partial charge in [0.1, 0.15) is 0 Å². The number of rotatable bonds is 1. The van der Waals surface area contributed by atoms with Crippen LogP contribution in [0.2, 0.25) is 0 Å². The summed E-state index contributed by atoms with van der Waals surface area (Å²) in [4.78, 5) is 19.8. The summed E-state index contributed by atoms with van der Waals surface area (Å²) in [5, 5.41) is 3.15. The third-order valence-electron chi connectivity index (χ3n) is 4.93. The van der Waals surface area contributed by atoms with Gasteiger partial charge in [0, 0.05) is 32.5 Å². The number of aromatic nitrogens is 2. The Morgan fingerprint density at radius 1 is 0.958 bits per heavy atom. The van der Waals surface area contributed by atoms with Gasteiger partial charge in [-0.15, -0.1) is 0 Å². The van der Waals surface area contributed by atoms with Crippen molar-refractivity contribution in [3.8, 4) is 0 Å². The van der Waals surface area contributed by atoms with Crippen LogP contribution in [0.5, 0.6) is 0 Å². The van der Waals surface area contributed by atoms with Crippen LogP contribution in [0.15, 0.2) is 33.5 Å². The Bertz CT molecular complexity index is 1180. The Kier molecular flexibility index (Phi) is 3.36. The molecule has 0 bridgehead atoms. The van der Waals surface area contributed by atoms with Gasteiger partial charge >= 0.3 is 0 Å². The Labute approximate surface area is 148 Å². The van der Waals surface area contributed by atoms with Crippen molar-refractivity contribution in [3.63, 3.8) is 0 Å². The molecule has 4 rings (SSSR count).